The smallest absolute Gasteiger partial charge is 0.304 e. The minimum Gasteiger partial charge on any atom is -0.481 e. The lowest BCUT2D eigenvalue weighted by Gasteiger charge is -2.17. The predicted molar refractivity (Wildman–Crippen MR) is 73.2 cm³/mol. The molecule has 4 heteroatoms. The van der Waals surface area contributed by atoms with Crippen molar-refractivity contribution < 1.29 is 14.7 Å². The average molecular weight is 259 g/mol. The van der Waals surface area contributed by atoms with E-state index in [2.05, 4.69) is 6.58 Å². The van der Waals surface area contributed by atoms with Crippen molar-refractivity contribution in [2.45, 2.75) is 25.2 Å². The molecule has 1 aromatic carbocycles. The second-order valence-electron chi connectivity index (χ2n) is 4.69. The van der Waals surface area contributed by atoms with Crippen LogP contribution in [0.15, 0.2) is 36.9 Å². The van der Waals surface area contributed by atoms with Gasteiger partial charge >= 0.3 is 5.97 Å². The van der Waals surface area contributed by atoms with Crippen LogP contribution < -0.4 is 4.90 Å². The molecule has 0 saturated heterocycles. The van der Waals surface area contributed by atoms with Crippen LogP contribution in [0.2, 0.25) is 0 Å². The number of nitrogens with zero attached hydrogens (tertiary/aromatic N) is 1. The molecular formula is C15H17NO3. The molecule has 1 N–H and O–H groups in total. The summed E-state index contributed by atoms with van der Waals surface area (Å²) in [5.41, 5.74) is 1.81. The van der Waals surface area contributed by atoms with E-state index in [0.29, 0.717) is 19.4 Å². The first-order valence-electron chi connectivity index (χ1n) is 6.35. The number of anilines is 1. The van der Waals surface area contributed by atoms with Gasteiger partial charge < -0.3 is 10.0 Å². The number of benzene rings is 1. The highest BCUT2D eigenvalue weighted by atomic mass is 16.4. The van der Waals surface area contributed by atoms with Crippen molar-refractivity contribution in [1.82, 2.24) is 0 Å². The molecule has 2 rings (SSSR count). The summed E-state index contributed by atoms with van der Waals surface area (Å²) in [4.78, 5) is 24.7. The fraction of sp³-hybridized carbons (Fsp3) is 0.333. The Hall–Kier alpha value is -2.10. The van der Waals surface area contributed by atoms with E-state index in [-0.39, 0.29) is 18.2 Å². The molecule has 1 aliphatic heterocycles. The maximum absolute atomic E-state index is 12.1. The van der Waals surface area contributed by atoms with Gasteiger partial charge in [-0.05, 0) is 18.1 Å². The summed E-state index contributed by atoms with van der Waals surface area (Å²) >= 11 is 0. The molecule has 0 aliphatic carbocycles. The van der Waals surface area contributed by atoms with Crippen molar-refractivity contribution in [3.8, 4) is 0 Å². The van der Waals surface area contributed by atoms with Gasteiger partial charge in [0.05, 0.1) is 6.42 Å². The van der Waals surface area contributed by atoms with E-state index in [1.54, 1.807) is 11.0 Å². The fourth-order valence-corrected chi connectivity index (χ4v) is 2.48. The van der Waals surface area contributed by atoms with Crippen molar-refractivity contribution in [3.05, 3.63) is 42.5 Å². The van der Waals surface area contributed by atoms with E-state index in [9.17, 15) is 9.59 Å². The molecule has 0 saturated carbocycles. The molecule has 100 valence electrons. The topological polar surface area (TPSA) is 57.6 Å². The molecule has 1 atom stereocenters. The zero-order valence-electron chi connectivity index (χ0n) is 10.7. The monoisotopic (exact) mass is 259 g/mol. The number of amides is 1. The van der Waals surface area contributed by atoms with Crippen LogP contribution in [0.25, 0.3) is 0 Å². The minimum atomic E-state index is -0.833. The standard InChI is InChI=1S/C15H17NO3/c1-2-3-8-14(17)16-10-11(9-15(18)19)12-6-4-5-7-13(12)16/h2,4-7,11H,1,3,8-10H2,(H,18,19). The van der Waals surface area contributed by atoms with Crippen LogP contribution >= 0.6 is 0 Å². The van der Waals surface area contributed by atoms with Crippen LogP contribution in [0.1, 0.15) is 30.7 Å². The van der Waals surface area contributed by atoms with Crippen LogP contribution in [-0.2, 0) is 9.59 Å². The molecule has 4 nitrogen and oxygen atoms in total. The predicted octanol–water partition coefficient (Wildman–Crippen LogP) is 2.56. The van der Waals surface area contributed by atoms with Gasteiger partial charge in [0, 0.05) is 24.6 Å². The van der Waals surface area contributed by atoms with Crippen molar-refractivity contribution in [1.29, 1.82) is 0 Å². The quantitative estimate of drug-likeness (QED) is 0.827. The molecule has 1 unspecified atom stereocenters. The second kappa shape index (κ2) is 5.69. The van der Waals surface area contributed by atoms with Gasteiger partial charge in [-0.15, -0.1) is 6.58 Å². The van der Waals surface area contributed by atoms with Crippen molar-refractivity contribution >= 4 is 17.6 Å². The number of carbonyl (C=O) groups excluding carboxylic acids is 1. The highest BCUT2D eigenvalue weighted by molar-refractivity contribution is 5.96. The maximum atomic E-state index is 12.1. The molecular weight excluding hydrogens is 242 g/mol. The van der Waals surface area contributed by atoms with Crippen LogP contribution in [0, 0.1) is 0 Å². The summed E-state index contributed by atoms with van der Waals surface area (Å²) < 4.78 is 0. The SMILES string of the molecule is C=CCCC(=O)N1CC(CC(=O)O)c2ccccc21. The van der Waals surface area contributed by atoms with Crippen LogP contribution in [-0.4, -0.2) is 23.5 Å². The van der Waals surface area contributed by atoms with Gasteiger partial charge in [0.1, 0.15) is 0 Å². The maximum Gasteiger partial charge on any atom is 0.304 e. The van der Waals surface area contributed by atoms with Gasteiger partial charge in [-0.3, -0.25) is 9.59 Å². The molecule has 1 aromatic rings. The van der Waals surface area contributed by atoms with E-state index in [1.807, 2.05) is 24.3 Å². The summed E-state index contributed by atoms with van der Waals surface area (Å²) in [5.74, 6) is -0.915. The van der Waals surface area contributed by atoms with Crippen molar-refractivity contribution in [2.75, 3.05) is 11.4 Å². The van der Waals surface area contributed by atoms with E-state index >= 15 is 0 Å². The normalized spacial score (nSPS) is 17.1. The Morgan fingerprint density at radius 2 is 2.16 bits per heavy atom. The molecule has 1 heterocycles. The second-order valence-corrected chi connectivity index (χ2v) is 4.69. The van der Waals surface area contributed by atoms with Crippen LogP contribution in [0.3, 0.4) is 0 Å². The number of carboxylic acid groups (broad SMARTS) is 1. The number of carbonyl (C=O) groups is 2. The minimum absolute atomic E-state index is 0.0280. The van der Waals surface area contributed by atoms with Gasteiger partial charge in [0.2, 0.25) is 5.91 Å². The number of para-hydroxylation sites is 1. The van der Waals surface area contributed by atoms with Gasteiger partial charge in [-0.2, -0.15) is 0 Å². The lowest BCUT2D eigenvalue weighted by molar-refractivity contribution is -0.137. The van der Waals surface area contributed by atoms with Gasteiger partial charge in [0.15, 0.2) is 0 Å². The summed E-state index contributed by atoms with van der Waals surface area (Å²) in [6, 6.07) is 7.54. The highest BCUT2D eigenvalue weighted by Crippen LogP contribution is 2.38. The Labute approximate surface area is 112 Å². The number of fused-ring (bicyclic) bond motifs is 1. The summed E-state index contributed by atoms with van der Waals surface area (Å²) in [6.45, 7) is 4.07. The van der Waals surface area contributed by atoms with E-state index in [1.165, 1.54) is 0 Å². The van der Waals surface area contributed by atoms with Crippen molar-refractivity contribution in [2.24, 2.45) is 0 Å². The summed E-state index contributed by atoms with van der Waals surface area (Å²) in [5, 5.41) is 8.95. The zero-order chi connectivity index (χ0) is 13.8. The molecule has 0 radical (unpaired) electrons. The third-order valence-electron chi connectivity index (χ3n) is 3.35. The Kier molecular flexibility index (Phi) is 4.00. The number of rotatable bonds is 5. The molecule has 0 aromatic heterocycles. The number of hydrogen-bond donors (Lipinski definition) is 1. The zero-order valence-corrected chi connectivity index (χ0v) is 10.7. The highest BCUT2D eigenvalue weighted by Gasteiger charge is 2.32. The van der Waals surface area contributed by atoms with Crippen LogP contribution in [0.4, 0.5) is 5.69 Å². The first-order valence-corrected chi connectivity index (χ1v) is 6.35. The van der Waals surface area contributed by atoms with E-state index in [4.69, 9.17) is 5.11 Å². The van der Waals surface area contributed by atoms with Gasteiger partial charge in [-0.1, -0.05) is 24.3 Å². The molecule has 19 heavy (non-hydrogen) atoms. The van der Waals surface area contributed by atoms with Gasteiger partial charge in [-0.25, -0.2) is 0 Å². The third kappa shape index (κ3) is 2.84. The molecule has 1 amide bonds. The number of hydrogen-bond acceptors (Lipinski definition) is 2. The Morgan fingerprint density at radius 3 is 2.84 bits per heavy atom. The lowest BCUT2D eigenvalue weighted by atomic mass is 9.98. The van der Waals surface area contributed by atoms with Crippen molar-refractivity contribution in [3.63, 3.8) is 0 Å². The number of allylic oxidation sites excluding steroid dienone is 1. The first-order chi connectivity index (χ1) is 9.13. The Balaban J connectivity index is 2.22. The van der Waals surface area contributed by atoms with E-state index < -0.39 is 5.97 Å². The van der Waals surface area contributed by atoms with Crippen LogP contribution in [0.5, 0.6) is 0 Å². The number of aliphatic carboxylic acids is 1. The lowest BCUT2D eigenvalue weighted by Crippen LogP contribution is -2.29. The first kappa shape index (κ1) is 13.3. The largest absolute Gasteiger partial charge is 0.481 e. The van der Waals surface area contributed by atoms with E-state index in [0.717, 1.165) is 11.3 Å². The Morgan fingerprint density at radius 1 is 1.42 bits per heavy atom. The Bertz CT molecular complexity index is 510. The molecule has 0 bridgehead atoms. The fourth-order valence-electron chi connectivity index (χ4n) is 2.48. The average Bonchev–Trinajstić information content (AvgIpc) is 2.75. The summed E-state index contributed by atoms with van der Waals surface area (Å²) in [6.07, 6.45) is 2.83. The molecule has 1 aliphatic rings. The summed E-state index contributed by atoms with van der Waals surface area (Å²) in [7, 11) is 0. The molecule has 0 spiro atoms. The third-order valence-corrected chi connectivity index (χ3v) is 3.35. The van der Waals surface area contributed by atoms with Gasteiger partial charge in [0.25, 0.3) is 0 Å². The molecule has 0 fully saturated rings. The number of carboxylic acids is 1.